The van der Waals surface area contributed by atoms with Crippen LogP contribution in [0.2, 0.25) is 0 Å². The third-order valence-electron chi connectivity index (χ3n) is 6.58. The highest BCUT2D eigenvalue weighted by Crippen LogP contribution is 2.49. The molecule has 2 fully saturated rings. The fourth-order valence-electron chi connectivity index (χ4n) is 4.95. The number of piperidine rings is 1. The topological polar surface area (TPSA) is 107 Å². The van der Waals surface area contributed by atoms with Crippen LogP contribution in [0.3, 0.4) is 0 Å². The van der Waals surface area contributed by atoms with Crippen LogP contribution in [-0.4, -0.2) is 53.5 Å². The van der Waals surface area contributed by atoms with Crippen molar-refractivity contribution in [2.24, 2.45) is 5.92 Å². The van der Waals surface area contributed by atoms with Crippen molar-refractivity contribution >= 4 is 39.6 Å². The summed E-state index contributed by atoms with van der Waals surface area (Å²) in [5.74, 6) is 1.29. The Morgan fingerprint density at radius 2 is 2.12 bits per heavy atom. The summed E-state index contributed by atoms with van der Waals surface area (Å²) >= 11 is 2.64. The fourth-order valence-corrected chi connectivity index (χ4v) is 6.62. The van der Waals surface area contributed by atoms with Gasteiger partial charge in [-0.3, -0.25) is 9.59 Å². The number of amides is 2. The highest BCUT2D eigenvalue weighted by atomic mass is 32.1. The maximum Gasteiger partial charge on any atom is 0.274 e. The molecule has 0 unspecified atom stereocenters. The number of fused-ring (bicyclic) bond motifs is 2. The smallest absolute Gasteiger partial charge is 0.274 e. The lowest BCUT2D eigenvalue weighted by atomic mass is 10.1. The molecular formula is C24H24N4O4S2. The molecule has 1 saturated heterocycles. The predicted octanol–water partition coefficient (Wildman–Crippen LogP) is 3.57. The maximum atomic E-state index is 13.7. The molecule has 2 amide bonds. The molecule has 1 aromatic carbocycles. The Kier molecular flexibility index (Phi) is 5.22. The van der Waals surface area contributed by atoms with Gasteiger partial charge in [0.25, 0.3) is 11.8 Å². The molecule has 8 nitrogen and oxygen atoms in total. The molecule has 1 saturated carbocycles. The number of thiophene rings is 1. The molecule has 3 atom stereocenters. The van der Waals surface area contributed by atoms with Crippen LogP contribution in [0, 0.1) is 12.8 Å². The van der Waals surface area contributed by atoms with Crippen LogP contribution >= 0.6 is 22.7 Å². The highest BCUT2D eigenvalue weighted by molar-refractivity contribution is 7.19. The second-order valence-corrected chi connectivity index (χ2v) is 10.8. The molecule has 4 heterocycles. The van der Waals surface area contributed by atoms with E-state index in [9.17, 15) is 9.59 Å². The summed E-state index contributed by atoms with van der Waals surface area (Å²) in [6.45, 7) is 3.31. The average molecular weight is 497 g/mol. The molecule has 3 aromatic rings. The lowest BCUT2D eigenvalue weighted by molar-refractivity contribution is 0.0684. The molecule has 1 aliphatic carbocycles. The fraction of sp³-hybridized carbons (Fsp3) is 0.375. The SMILES string of the molecule is Cc1cccc(-c2sc(N)nc2C(=O)N2[C@H](CNC(=O)c3scc4c3OCCO4)C[C@@H]3C[C@@H]32)c1. The van der Waals surface area contributed by atoms with Gasteiger partial charge in [0.15, 0.2) is 16.6 Å². The Bertz CT molecular complexity index is 1290. The van der Waals surface area contributed by atoms with Gasteiger partial charge in [-0.1, -0.05) is 41.2 Å². The highest BCUT2D eigenvalue weighted by Gasteiger charge is 2.54. The zero-order valence-corrected chi connectivity index (χ0v) is 20.2. The lowest BCUT2D eigenvalue weighted by Gasteiger charge is -2.27. The Hall–Kier alpha value is -3.11. The van der Waals surface area contributed by atoms with Gasteiger partial charge in [0, 0.05) is 18.0 Å². The number of anilines is 1. The summed E-state index contributed by atoms with van der Waals surface area (Å²) in [5, 5.41) is 5.18. The first kappa shape index (κ1) is 21.4. The van der Waals surface area contributed by atoms with Gasteiger partial charge in [-0.15, -0.1) is 11.3 Å². The van der Waals surface area contributed by atoms with E-state index >= 15 is 0 Å². The van der Waals surface area contributed by atoms with Gasteiger partial charge in [-0.2, -0.15) is 0 Å². The van der Waals surface area contributed by atoms with Gasteiger partial charge in [0.2, 0.25) is 0 Å². The third-order valence-corrected chi connectivity index (χ3v) is 8.45. The van der Waals surface area contributed by atoms with E-state index in [1.165, 1.54) is 22.7 Å². The van der Waals surface area contributed by atoms with Crippen molar-refractivity contribution in [2.45, 2.75) is 31.8 Å². The van der Waals surface area contributed by atoms with E-state index < -0.39 is 0 Å². The number of aryl methyl sites for hydroxylation is 1. The first-order valence-electron chi connectivity index (χ1n) is 11.3. The second kappa shape index (κ2) is 8.28. The molecule has 176 valence electrons. The zero-order chi connectivity index (χ0) is 23.4. The molecular weight excluding hydrogens is 472 g/mol. The lowest BCUT2D eigenvalue weighted by Crippen LogP contribution is -2.45. The number of nitrogens with one attached hydrogen (secondary N) is 1. The molecule has 0 spiro atoms. The van der Waals surface area contributed by atoms with Crippen LogP contribution in [0.4, 0.5) is 5.13 Å². The molecule has 6 rings (SSSR count). The number of likely N-dealkylation sites (tertiary alicyclic amines) is 1. The zero-order valence-electron chi connectivity index (χ0n) is 18.6. The Morgan fingerprint density at radius 1 is 1.26 bits per heavy atom. The Morgan fingerprint density at radius 3 is 2.97 bits per heavy atom. The monoisotopic (exact) mass is 496 g/mol. The molecule has 2 aromatic heterocycles. The van der Waals surface area contributed by atoms with Crippen molar-refractivity contribution in [3.05, 3.63) is 45.8 Å². The van der Waals surface area contributed by atoms with Crippen molar-refractivity contribution in [1.82, 2.24) is 15.2 Å². The number of hydrogen-bond donors (Lipinski definition) is 2. The van der Waals surface area contributed by atoms with E-state index in [1.54, 1.807) is 5.38 Å². The number of benzene rings is 1. The van der Waals surface area contributed by atoms with Crippen molar-refractivity contribution < 1.29 is 19.1 Å². The molecule has 0 radical (unpaired) electrons. The van der Waals surface area contributed by atoms with Gasteiger partial charge < -0.3 is 25.4 Å². The molecule has 2 aliphatic heterocycles. The van der Waals surface area contributed by atoms with Gasteiger partial charge in [0.05, 0.1) is 10.9 Å². The number of carbonyl (C=O) groups is 2. The van der Waals surface area contributed by atoms with E-state index in [2.05, 4.69) is 10.3 Å². The van der Waals surface area contributed by atoms with Crippen LogP contribution in [-0.2, 0) is 0 Å². The minimum Gasteiger partial charge on any atom is -0.485 e. The number of nitrogens with zero attached hydrogens (tertiary/aromatic N) is 2. The van der Waals surface area contributed by atoms with Gasteiger partial charge >= 0.3 is 0 Å². The number of nitrogens with two attached hydrogens (primary N) is 1. The number of hydrogen-bond acceptors (Lipinski definition) is 8. The standard InChI is InChI=1S/C24H24N4O4S2/c1-12-3-2-4-13(7-12)20-18(27-24(25)34-20)23(30)28-15(8-14-9-16(14)28)10-26-22(29)21-19-17(11-33-21)31-5-6-32-19/h2-4,7,11,14-16H,5-6,8-10H2,1H3,(H2,25,27)(H,26,29)/t14-,15+,16+/m1/s1. The van der Waals surface area contributed by atoms with Crippen LogP contribution in [0.25, 0.3) is 10.4 Å². The minimum absolute atomic E-state index is 0.0820. The van der Waals surface area contributed by atoms with Gasteiger partial charge in [-0.25, -0.2) is 4.98 Å². The number of aromatic nitrogens is 1. The first-order valence-corrected chi connectivity index (χ1v) is 13.0. The van der Waals surface area contributed by atoms with E-state index in [0.29, 0.717) is 52.9 Å². The summed E-state index contributed by atoms with van der Waals surface area (Å²) in [5.41, 5.74) is 8.49. The molecule has 3 aliphatic rings. The third kappa shape index (κ3) is 3.70. The maximum absolute atomic E-state index is 13.7. The number of nitrogen functional groups attached to an aromatic ring is 1. The van der Waals surface area contributed by atoms with E-state index in [1.807, 2.05) is 36.1 Å². The minimum atomic E-state index is -0.205. The summed E-state index contributed by atoms with van der Waals surface area (Å²) < 4.78 is 11.2. The summed E-state index contributed by atoms with van der Waals surface area (Å²) in [7, 11) is 0. The van der Waals surface area contributed by atoms with Crippen LogP contribution in [0.15, 0.2) is 29.6 Å². The van der Waals surface area contributed by atoms with Gasteiger partial charge in [-0.05, 0) is 31.2 Å². The quantitative estimate of drug-likeness (QED) is 0.559. The van der Waals surface area contributed by atoms with E-state index in [-0.39, 0.29) is 23.9 Å². The van der Waals surface area contributed by atoms with Gasteiger partial charge in [0.1, 0.15) is 23.8 Å². The number of rotatable bonds is 5. The predicted molar refractivity (Wildman–Crippen MR) is 131 cm³/mol. The van der Waals surface area contributed by atoms with Crippen molar-refractivity contribution in [1.29, 1.82) is 0 Å². The van der Waals surface area contributed by atoms with E-state index in [4.69, 9.17) is 15.2 Å². The Balaban J connectivity index is 1.21. The van der Waals surface area contributed by atoms with Crippen LogP contribution < -0.4 is 20.5 Å². The normalized spacial score (nSPS) is 22.4. The van der Waals surface area contributed by atoms with Crippen molar-refractivity contribution in [3.8, 4) is 21.9 Å². The van der Waals surface area contributed by atoms with E-state index in [0.717, 1.165) is 28.8 Å². The largest absolute Gasteiger partial charge is 0.485 e. The molecule has 0 bridgehead atoms. The average Bonchev–Trinajstić information content (AvgIpc) is 3.17. The number of carbonyl (C=O) groups excluding carboxylic acids is 2. The van der Waals surface area contributed by atoms with Crippen molar-refractivity contribution in [3.63, 3.8) is 0 Å². The number of ether oxygens (including phenoxy) is 2. The van der Waals surface area contributed by atoms with Crippen molar-refractivity contribution in [2.75, 3.05) is 25.5 Å². The summed E-state index contributed by atoms with van der Waals surface area (Å²) in [6, 6.07) is 8.13. The second-order valence-electron chi connectivity index (χ2n) is 8.93. The number of thiazole rings is 1. The summed E-state index contributed by atoms with van der Waals surface area (Å²) in [4.78, 5) is 34.2. The Labute approximate surface area is 204 Å². The van der Waals surface area contributed by atoms with Crippen LogP contribution in [0.5, 0.6) is 11.5 Å². The summed E-state index contributed by atoms with van der Waals surface area (Å²) in [6.07, 6.45) is 1.87. The molecule has 10 heteroatoms. The molecule has 34 heavy (non-hydrogen) atoms. The molecule has 3 N–H and O–H groups in total. The first-order chi connectivity index (χ1) is 16.5. The van der Waals surface area contributed by atoms with Crippen LogP contribution in [0.1, 0.15) is 38.6 Å².